The van der Waals surface area contributed by atoms with E-state index in [1.807, 2.05) is 0 Å². The first-order valence-corrected chi connectivity index (χ1v) is 7.94. The number of allylic oxidation sites excluding steroid dienone is 1. The molecule has 0 spiro atoms. The van der Waals surface area contributed by atoms with Gasteiger partial charge in [0.05, 0.1) is 34.9 Å². The van der Waals surface area contributed by atoms with Crippen molar-refractivity contribution in [3.63, 3.8) is 0 Å². The van der Waals surface area contributed by atoms with Gasteiger partial charge in [0.1, 0.15) is 0 Å². The molecule has 1 aromatic carbocycles. The zero-order valence-corrected chi connectivity index (χ0v) is 15.1. The summed E-state index contributed by atoms with van der Waals surface area (Å²) in [6, 6.07) is 5.09. The van der Waals surface area contributed by atoms with Crippen LogP contribution in [0.2, 0.25) is 10.0 Å². The third kappa shape index (κ3) is 3.48. The SMILES string of the molecule is COCCN1C(=O)/C(=C\c2cccc(Cl)c2Cl)C(C(=O)OC)=C1C. The molecule has 128 valence electrons. The van der Waals surface area contributed by atoms with Gasteiger partial charge < -0.3 is 14.4 Å². The number of nitrogens with zero attached hydrogens (tertiary/aromatic N) is 1. The Morgan fingerprint density at radius 1 is 1.29 bits per heavy atom. The van der Waals surface area contributed by atoms with Crippen LogP contribution in [-0.4, -0.2) is 44.1 Å². The van der Waals surface area contributed by atoms with Crippen molar-refractivity contribution in [3.8, 4) is 0 Å². The summed E-state index contributed by atoms with van der Waals surface area (Å²) in [6.45, 7) is 2.38. The molecule has 1 aliphatic heterocycles. The number of halogens is 2. The monoisotopic (exact) mass is 369 g/mol. The number of ether oxygens (including phenoxy) is 2. The molecule has 24 heavy (non-hydrogen) atoms. The van der Waals surface area contributed by atoms with E-state index in [1.165, 1.54) is 12.0 Å². The molecular formula is C17H17Cl2NO4. The second kappa shape index (κ2) is 7.83. The Hall–Kier alpha value is -1.82. The van der Waals surface area contributed by atoms with E-state index in [1.54, 1.807) is 38.3 Å². The fourth-order valence-corrected chi connectivity index (χ4v) is 2.83. The molecule has 7 heteroatoms. The zero-order valence-electron chi connectivity index (χ0n) is 13.6. The van der Waals surface area contributed by atoms with Crippen molar-refractivity contribution in [2.45, 2.75) is 6.92 Å². The van der Waals surface area contributed by atoms with Gasteiger partial charge in [0.25, 0.3) is 5.91 Å². The minimum absolute atomic E-state index is 0.217. The number of esters is 1. The molecule has 0 aromatic heterocycles. The van der Waals surface area contributed by atoms with Crippen LogP contribution in [0.1, 0.15) is 12.5 Å². The fraction of sp³-hybridized carbons (Fsp3) is 0.294. The number of hydrogen-bond donors (Lipinski definition) is 0. The topological polar surface area (TPSA) is 55.8 Å². The molecule has 0 atom stereocenters. The molecule has 1 aromatic rings. The Morgan fingerprint density at radius 3 is 2.62 bits per heavy atom. The van der Waals surface area contributed by atoms with Crippen LogP contribution in [-0.2, 0) is 19.1 Å². The molecule has 1 amide bonds. The lowest BCUT2D eigenvalue weighted by Gasteiger charge is -2.16. The van der Waals surface area contributed by atoms with Crippen LogP contribution in [0.15, 0.2) is 35.0 Å². The minimum Gasteiger partial charge on any atom is -0.465 e. The van der Waals surface area contributed by atoms with Gasteiger partial charge in [-0.1, -0.05) is 35.3 Å². The highest BCUT2D eigenvalue weighted by Crippen LogP contribution is 2.34. The van der Waals surface area contributed by atoms with Gasteiger partial charge in [-0.3, -0.25) is 4.79 Å². The van der Waals surface area contributed by atoms with Crippen LogP contribution in [0.4, 0.5) is 0 Å². The molecule has 0 N–H and O–H groups in total. The number of benzene rings is 1. The predicted molar refractivity (Wildman–Crippen MR) is 92.7 cm³/mol. The highest BCUT2D eigenvalue weighted by atomic mass is 35.5. The highest BCUT2D eigenvalue weighted by molar-refractivity contribution is 6.43. The van der Waals surface area contributed by atoms with E-state index in [2.05, 4.69) is 0 Å². The molecule has 5 nitrogen and oxygen atoms in total. The fourth-order valence-electron chi connectivity index (χ4n) is 2.47. The molecule has 0 radical (unpaired) electrons. The zero-order chi connectivity index (χ0) is 17.9. The average molecular weight is 370 g/mol. The quantitative estimate of drug-likeness (QED) is 0.590. The molecule has 1 aliphatic rings. The van der Waals surface area contributed by atoms with E-state index in [9.17, 15) is 9.59 Å². The summed E-state index contributed by atoms with van der Waals surface area (Å²) < 4.78 is 9.84. The van der Waals surface area contributed by atoms with Crippen molar-refractivity contribution in [2.24, 2.45) is 0 Å². The van der Waals surface area contributed by atoms with Gasteiger partial charge in [-0.2, -0.15) is 0 Å². The van der Waals surface area contributed by atoms with Crippen LogP contribution in [0.5, 0.6) is 0 Å². The number of hydrogen-bond acceptors (Lipinski definition) is 4. The summed E-state index contributed by atoms with van der Waals surface area (Å²) in [5, 5.41) is 0.685. The summed E-state index contributed by atoms with van der Waals surface area (Å²) >= 11 is 12.2. The van der Waals surface area contributed by atoms with Gasteiger partial charge >= 0.3 is 5.97 Å². The Bertz CT molecular complexity index is 740. The molecule has 1 heterocycles. The molecular weight excluding hydrogens is 353 g/mol. The Kier molecular flexibility index (Phi) is 6.04. The first-order valence-electron chi connectivity index (χ1n) is 7.18. The predicted octanol–water partition coefficient (Wildman–Crippen LogP) is 3.31. The van der Waals surface area contributed by atoms with Crippen molar-refractivity contribution >= 4 is 41.2 Å². The number of carbonyl (C=O) groups excluding carboxylic acids is 2. The van der Waals surface area contributed by atoms with Crippen molar-refractivity contribution in [3.05, 3.63) is 50.7 Å². The Balaban J connectivity index is 2.54. The molecule has 0 unspecified atom stereocenters. The molecule has 0 saturated carbocycles. The van der Waals surface area contributed by atoms with Gasteiger partial charge in [-0.15, -0.1) is 0 Å². The highest BCUT2D eigenvalue weighted by Gasteiger charge is 2.36. The largest absolute Gasteiger partial charge is 0.465 e. The lowest BCUT2D eigenvalue weighted by molar-refractivity contribution is -0.136. The van der Waals surface area contributed by atoms with Gasteiger partial charge in [-0.25, -0.2) is 4.79 Å². The van der Waals surface area contributed by atoms with Crippen LogP contribution < -0.4 is 0 Å². The first kappa shape index (κ1) is 18.5. The Morgan fingerprint density at radius 2 is 2.00 bits per heavy atom. The smallest absolute Gasteiger partial charge is 0.340 e. The van der Waals surface area contributed by atoms with Crippen molar-refractivity contribution in [1.29, 1.82) is 0 Å². The molecule has 0 saturated heterocycles. The normalized spacial score (nSPS) is 16.3. The van der Waals surface area contributed by atoms with Gasteiger partial charge in [-0.05, 0) is 24.6 Å². The van der Waals surface area contributed by atoms with Gasteiger partial charge in [0.15, 0.2) is 0 Å². The van der Waals surface area contributed by atoms with Crippen LogP contribution in [0.3, 0.4) is 0 Å². The van der Waals surface area contributed by atoms with E-state index in [0.29, 0.717) is 34.5 Å². The van der Waals surface area contributed by atoms with E-state index in [4.69, 9.17) is 32.7 Å². The summed E-state index contributed by atoms with van der Waals surface area (Å²) in [4.78, 5) is 26.4. The van der Waals surface area contributed by atoms with Gasteiger partial charge in [0.2, 0.25) is 0 Å². The second-order valence-electron chi connectivity index (χ2n) is 5.10. The van der Waals surface area contributed by atoms with Crippen molar-refractivity contribution in [1.82, 2.24) is 4.90 Å². The van der Waals surface area contributed by atoms with E-state index < -0.39 is 5.97 Å². The minimum atomic E-state index is -0.579. The first-order chi connectivity index (χ1) is 11.4. The second-order valence-corrected chi connectivity index (χ2v) is 5.89. The van der Waals surface area contributed by atoms with Gasteiger partial charge in [0, 0.05) is 19.4 Å². The van der Waals surface area contributed by atoms with E-state index in [0.717, 1.165) is 0 Å². The third-order valence-electron chi connectivity index (χ3n) is 3.70. The number of rotatable bonds is 5. The molecule has 0 bridgehead atoms. The average Bonchev–Trinajstić information content (AvgIpc) is 2.80. The maximum Gasteiger partial charge on any atom is 0.340 e. The molecule has 0 aliphatic carbocycles. The maximum atomic E-state index is 12.7. The lowest BCUT2D eigenvalue weighted by Crippen LogP contribution is -2.28. The summed E-state index contributed by atoms with van der Waals surface area (Å²) in [7, 11) is 2.82. The number of amides is 1. The van der Waals surface area contributed by atoms with Crippen LogP contribution >= 0.6 is 23.2 Å². The molecule has 0 fully saturated rings. The summed E-state index contributed by atoms with van der Waals surface area (Å²) in [6.07, 6.45) is 1.55. The van der Waals surface area contributed by atoms with Crippen molar-refractivity contribution < 1.29 is 19.1 Å². The summed E-state index contributed by atoms with van der Waals surface area (Å²) in [5.41, 5.74) is 1.51. The van der Waals surface area contributed by atoms with E-state index in [-0.39, 0.29) is 17.1 Å². The standard InChI is InChI=1S/C17H17Cl2NO4/c1-10-14(17(22)24-3)12(16(21)20(10)7-8-23-2)9-11-5-4-6-13(18)15(11)19/h4-6,9H,7-8H2,1-3H3/b12-9-. The van der Waals surface area contributed by atoms with Crippen LogP contribution in [0.25, 0.3) is 6.08 Å². The Labute approximate surface area is 150 Å². The number of carbonyl (C=O) groups is 2. The summed E-state index contributed by atoms with van der Waals surface area (Å²) in [5.74, 6) is -0.883. The molecule has 2 rings (SSSR count). The van der Waals surface area contributed by atoms with Crippen molar-refractivity contribution in [2.75, 3.05) is 27.4 Å². The lowest BCUT2D eigenvalue weighted by atomic mass is 10.0. The third-order valence-corrected chi connectivity index (χ3v) is 4.53. The van der Waals surface area contributed by atoms with E-state index >= 15 is 0 Å². The number of methoxy groups -OCH3 is 2. The van der Waals surface area contributed by atoms with Crippen LogP contribution in [0, 0.1) is 0 Å². The maximum absolute atomic E-state index is 12.7.